The summed E-state index contributed by atoms with van der Waals surface area (Å²) in [6, 6.07) is 17.0. The van der Waals surface area contributed by atoms with E-state index in [9.17, 15) is 4.79 Å². The summed E-state index contributed by atoms with van der Waals surface area (Å²) in [4.78, 5) is 14.5. The molecule has 0 bridgehead atoms. The molecule has 6 heteroatoms. The Hall–Kier alpha value is -2.92. The molecule has 2 heterocycles. The Bertz CT molecular complexity index is 972. The highest BCUT2D eigenvalue weighted by molar-refractivity contribution is 6.30. The average molecular weight is 365 g/mol. The molecule has 0 atom stereocenters. The van der Waals surface area contributed by atoms with Crippen LogP contribution in [0.1, 0.15) is 21.6 Å². The first kappa shape index (κ1) is 16.5. The van der Waals surface area contributed by atoms with Crippen molar-refractivity contribution in [3.05, 3.63) is 76.4 Å². The van der Waals surface area contributed by atoms with Crippen molar-refractivity contribution in [1.82, 2.24) is 10.2 Å². The summed E-state index contributed by atoms with van der Waals surface area (Å²) in [5.74, 6) is 0.432. The predicted octanol–water partition coefficient (Wildman–Crippen LogP) is 4.38. The molecule has 3 aromatic rings. The highest BCUT2D eigenvalue weighted by Crippen LogP contribution is 2.28. The fourth-order valence-electron chi connectivity index (χ4n) is 3.07. The third-order valence-electron chi connectivity index (χ3n) is 4.48. The fraction of sp³-hybridized carbons (Fsp3) is 0.150. The molecule has 0 spiro atoms. The standard InChI is InChI=1S/C20H17ClN4O/c1-13-6-7-15(21)12-17(13)22-19-9-8-16(23-24-19)20(26)25-11-10-14-4-2-3-5-18(14)25/h2-9,12H,10-11H2,1H3,(H,22,24). The molecule has 130 valence electrons. The third kappa shape index (κ3) is 3.13. The third-order valence-corrected chi connectivity index (χ3v) is 4.71. The van der Waals surface area contributed by atoms with Gasteiger partial charge in [0.25, 0.3) is 5.91 Å². The number of anilines is 3. The zero-order valence-corrected chi connectivity index (χ0v) is 15.0. The maximum absolute atomic E-state index is 12.8. The van der Waals surface area contributed by atoms with Crippen LogP contribution in [0.3, 0.4) is 0 Å². The number of amides is 1. The molecule has 0 radical (unpaired) electrons. The number of aromatic nitrogens is 2. The van der Waals surface area contributed by atoms with Crippen LogP contribution in [0.4, 0.5) is 17.2 Å². The van der Waals surface area contributed by atoms with Crippen LogP contribution in [0.5, 0.6) is 0 Å². The molecule has 0 fully saturated rings. The topological polar surface area (TPSA) is 58.1 Å². The van der Waals surface area contributed by atoms with E-state index in [1.54, 1.807) is 17.0 Å². The predicted molar refractivity (Wildman–Crippen MR) is 103 cm³/mol. The van der Waals surface area contributed by atoms with Crippen LogP contribution >= 0.6 is 11.6 Å². The molecule has 4 rings (SSSR count). The van der Waals surface area contributed by atoms with E-state index in [0.717, 1.165) is 23.4 Å². The number of para-hydroxylation sites is 1. The number of carbonyl (C=O) groups excluding carboxylic acids is 1. The number of benzene rings is 2. The van der Waals surface area contributed by atoms with Crippen LogP contribution in [-0.4, -0.2) is 22.6 Å². The summed E-state index contributed by atoms with van der Waals surface area (Å²) >= 11 is 6.04. The van der Waals surface area contributed by atoms with Crippen LogP contribution in [-0.2, 0) is 6.42 Å². The van der Waals surface area contributed by atoms with Crippen molar-refractivity contribution in [2.75, 3.05) is 16.8 Å². The van der Waals surface area contributed by atoms with Gasteiger partial charge in [0.1, 0.15) is 0 Å². The molecule has 5 nitrogen and oxygen atoms in total. The summed E-state index contributed by atoms with van der Waals surface area (Å²) in [7, 11) is 0. The Kier molecular flexibility index (Phi) is 4.31. The number of fused-ring (bicyclic) bond motifs is 1. The van der Waals surface area contributed by atoms with Gasteiger partial charge in [-0.15, -0.1) is 10.2 Å². The second-order valence-electron chi connectivity index (χ2n) is 6.22. The molecule has 2 aromatic carbocycles. The average Bonchev–Trinajstić information content (AvgIpc) is 3.09. The lowest BCUT2D eigenvalue weighted by Crippen LogP contribution is -2.29. The number of aryl methyl sites for hydroxylation is 1. The summed E-state index contributed by atoms with van der Waals surface area (Å²) in [6.45, 7) is 2.65. The normalized spacial score (nSPS) is 12.8. The van der Waals surface area contributed by atoms with E-state index >= 15 is 0 Å². The van der Waals surface area contributed by atoms with Gasteiger partial charge in [0, 0.05) is 22.9 Å². The van der Waals surface area contributed by atoms with E-state index in [4.69, 9.17) is 11.6 Å². The minimum Gasteiger partial charge on any atom is -0.338 e. The lowest BCUT2D eigenvalue weighted by Gasteiger charge is -2.16. The van der Waals surface area contributed by atoms with Gasteiger partial charge in [-0.05, 0) is 54.8 Å². The van der Waals surface area contributed by atoms with Gasteiger partial charge in [-0.3, -0.25) is 4.79 Å². The molecule has 0 saturated carbocycles. The zero-order chi connectivity index (χ0) is 18.1. The Morgan fingerprint density at radius 3 is 2.77 bits per heavy atom. The molecule has 1 aromatic heterocycles. The first-order chi connectivity index (χ1) is 12.6. The molecular formula is C20H17ClN4O. The lowest BCUT2D eigenvalue weighted by molar-refractivity contribution is 0.0983. The Balaban J connectivity index is 1.53. The Morgan fingerprint density at radius 2 is 1.96 bits per heavy atom. The van der Waals surface area contributed by atoms with Crippen LogP contribution < -0.4 is 10.2 Å². The van der Waals surface area contributed by atoms with Gasteiger partial charge in [-0.2, -0.15) is 0 Å². The number of carbonyl (C=O) groups is 1. The summed E-state index contributed by atoms with van der Waals surface area (Å²) in [6.07, 6.45) is 0.864. The van der Waals surface area contributed by atoms with Crippen molar-refractivity contribution in [2.45, 2.75) is 13.3 Å². The smallest absolute Gasteiger partial charge is 0.278 e. The number of hydrogen-bond donors (Lipinski definition) is 1. The van der Waals surface area contributed by atoms with E-state index in [0.29, 0.717) is 23.1 Å². The number of halogens is 1. The van der Waals surface area contributed by atoms with E-state index in [1.807, 2.05) is 43.3 Å². The summed E-state index contributed by atoms with van der Waals surface area (Å²) in [5.41, 5.74) is 4.37. The maximum atomic E-state index is 12.8. The van der Waals surface area contributed by atoms with Gasteiger partial charge in [0.2, 0.25) is 0 Å². The Morgan fingerprint density at radius 1 is 1.12 bits per heavy atom. The van der Waals surface area contributed by atoms with Crippen molar-refractivity contribution in [3.8, 4) is 0 Å². The zero-order valence-electron chi connectivity index (χ0n) is 14.2. The van der Waals surface area contributed by atoms with Crippen molar-refractivity contribution >= 4 is 34.7 Å². The first-order valence-electron chi connectivity index (χ1n) is 8.38. The molecule has 0 unspecified atom stereocenters. The largest absolute Gasteiger partial charge is 0.338 e. The van der Waals surface area contributed by atoms with Crippen LogP contribution in [0.15, 0.2) is 54.6 Å². The van der Waals surface area contributed by atoms with Crippen molar-refractivity contribution in [3.63, 3.8) is 0 Å². The van der Waals surface area contributed by atoms with Gasteiger partial charge >= 0.3 is 0 Å². The van der Waals surface area contributed by atoms with Gasteiger partial charge in [0.05, 0.1) is 0 Å². The quantitative estimate of drug-likeness (QED) is 0.749. The second kappa shape index (κ2) is 6.77. The highest BCUT2D eigenvalue weighted by atomic mass is 35.5. The fourth-order valence-corrected chi connectivity index (χ4v) is 3.24. The SMILES string of the molecule is Cc1ccc(Cl)cc1Nc1ccc(C(=O)N2CCc3ccccc32)nn1. The Labute approximate surface area is 156 Å². The van der Waals surface area contributed by atoms with Crippen LogP contribution in [0, 0.1) is 6.92 Å². The van der Waals surface area contributed by atoms with Crippen LogP contribution in [0.25, 0.3) is 0 Å². The van der Waals surface area contributed by atoms with E-state index < -0.39 is 0 Å². The summed E-state index contributed by atoms with van der Waals surface area (Å²) in [5, 5.41) is 12.1. The van der Waals surface area contributed by atoms with Gasteiger partial charge < -0.3 is 10.2 Å². The highest BCUT2D eigenvalue weighted by Gasteiger charge is 2.26. The van der Waals surface area contributed by atoms with E-state index in [2.05, 4.69) is 21.6 Å². The molecule has 0 saturated heterocycles. The summed E-state index contributed by atoms with van der Waals surface area (Å²) < 4.78 is 0. The second-order valence-corrected chi connectivity index (χ2v) is 6.66. The van der Waals surface area contributed by atoms with Crippen molar-refractivity contribution in [2.24, 2.45) is 0 Å². The molecule has 0 aliphatic carbocycles. The number of hydrogen-bond acceptors (Lipinski definition) is 4. The number of rotatable bonds is 3. The van der Waals surface area contributed by atoms with Gasteiger partial charge in [-0.1, -0.05) is 35.9 Å². The van der Waals surface area contributed by atoms with Crippen molar-refractivity contribution < 1.29 is 4.79 Å². The molecule has 1 aliphatic rings. The first-order valence-corrected chi connectivity index (χ1v) is 8.76. The minimum atomic E-state index is -0.132. The van der Waals surface area contributed by atoms with E-state index in [-0.39, 0.29) is 5.91 Å². The van der Waals surface area contributed by atoms with E-state index in [1.165, 1.54) is 5.56 Å². The maximum Gasteiger partial charge on any atom is 0.278 e. The molecular weight excluding hydrogens is 348 g/mol. The lowest BCUT2D eigenvalue weighted by atomic mass is 10.2. The monoisotopic (exact) mass is 364 g/mol. The van der Waals surface area contributed by atoms with Crippen LogP contribution in [0.2, 0.25) is 5.02 Å². The van der Waals surface area contributed by atoms with Gasteiger partial charge in [-0.25, -0.2) is 0 Å². The minimum absolute atomic E-state index is 0.132. The molecule has 1 N–H and O–H groups in total. The number of nitrogens with one attached hydrogen (secondary N) is 1. The van der Waals surface area contributed by atoms with Gasteiger partial charge in [0.15, 0.2) is 11.5 Å². The molecule has 1 amide bonds. The molecule has 26 heavy (non-hydrogen) atoms. The molecule has 1 aliphatic heterocycles. The van der Waals surface area contributed by atoms with Crippen molar-refractivity contribution in [1.29, 1.82) is 0 Å². The number of nitrogens with zero attached hydrogens (tertiary/aromatic N) is 3.